The van der Waals surface area contributed by atoms with E-state index >= 15 is 0 Å². The maximum atomic E-state index is 13.1. The molecule has 146 valence electrons. The summed E-state index contributed by atoms with van der Waals surface area (Å²) in [6.07, 6.45) is 1.64. The Balaban J connectivity index is 1.55. The third-order valence-corrected chi connectivity index (χ3v) is 6.84. The van der Waals surface area contributed by atoms with E-state index in [4.69, 9.17) is 4.42 Å². The van der Waals surface area contributed by atoms with Crippen LogP contribution in [0.15, 0.2) is 94.4 Å². The number of rotatable bonds is 6. The summed E-state index contributed by atoms with van der Waals surface area (Å²) in [4.78, 5) is 0.257. The first kappa shape index (κ1) is 18.1. The van der Waals surface area contributed by atoms with E-state index in [0.717, 1.165) is 27.7 Å². The van der Waals surface area contributed by atoms with Gasteiger partial charge < -0.3 is 9.73 Å². The predicted molar refractivity (Wildman–Crippen MR) is 112 cm³/mol. The van der Waals surface area contributed by atoms with Crippen LogP contribution in [0.5, 0.6) is 0 Å². The second kappa shape index (κ2) is 7.15. The molecule has 4 aromatic rings. The summed E-state index contributed by atoms with van der Waals surface area (Å²) in [5.74, 6) is 0.804. The fraction of sp³-hybridized carbons (Fsp3) is 0.130. The normalized spacial score (nSPS) is 18.3. The third-order valence-electron chi connectivity index (χ3n) is 5.38. The zero-order valence-corrected chi connectivity index (χ0v) is 16.4. The Morgan fingerprint density at radius 3 is 2.21 bits per heavy atom. The number of nitrogens with one attached hydrogen (secondary N) is 2. The van der Waals surface area contributed by atoms with Gasteiger partial charge in [0, 0.05) is 0 Å². The van der Waals surface area contributed by atoms with Gasteiger partial charge in [-0.1, -0.05) is 54.6 Å². The quantitative estimate of drug-likeness (QED) is 0.503. The fourth-order valence-electron chi connectivity index (χ4n) is 4.10. The van der Waals surface area contributed by atoms with Crippen LogP contribution in [-0.2, 0) is 16.6 Å². The molecule has 0 saturated carbocycles. The van der Waals surface area contributed by atoms with Gasteiger partial charge in [0.15, 0.2) is 0 Å². The molecule has 0 fully saturated rings. The Morgan fingerprint density at radius 1 is 0.793 bits per heavy atom. The van der Waals surface area contributed by atoms with Gasteiger partial charge in [-0.25, -0.2) is 13.1 Å². The van der Waals surface area contributed by atoms with E-state index in [1.54, 1.807) is 36.6 Å². The second-order valence-electron chi connectivity index (χ2n) is 7.14. The molecule has 0 bridgehead atoms. The molecule has 2 atom stereocenters. The predicted octanol–water partition coefficient (Wildman–Crippen LogP) is 4.30. The molecule has 1 aromatic heterocycles. The van der Waals surface area contributed by atoms with Crippen molar-refractivity contribution in [2.75, 3.05) is 0 Å². The molecule has 1 aliphatic rings. The van der Waals surface area contributed by atoms with Gasteiger partial charge in [-0.2, -0.15) is 0 Å². The van der Waals surface area contributed by atoms with E-state index in [-0.39, 0.29) is 10.9 Å². The molecule has 1 heterocycles. The molecule has 3 aromatic carbocycles. The minimum Gasteiger partial charge on any atom is -0.468 e. The summed E-state index contributed by atoms with van der Waals surface area (Å²) < 4.78 is 34.5. The van der Waals surface area contributed by atoms with Gasteiger partial charge in [-0.05, 0) is 46.2 Å². The van der Waals surface area contributed by atoms with Crippen molar-refractivity contribution in [3.8, 4) is 0 Å². The van der Waals surface area contributed by atoms with Gasteiger partial charge in [-0.15, -0.1) is 0 Å². The topological polar surface area (TPSA) is 71.3 Å². The van der Waals surface area contributed by atoms with Crippen molar-refractivity contribution in [1.29, 1.82) is 0 Å². The summed E-state index contributed by atoms with van der Waals surface area (Å²) in [5, 5.41) is 5.70. The lowest BCUT2D eigenvalue weighted by Crippen LogP contribution is -2.36. The first-order valence-corrected chi connectivity index (χ1v) is 11.0. The summed E-state index contributed by atoms with van der Waals surface area (Å²) in [6, 6.07) is 23.7. The molecular weight excluding hydrogens is 384 g/mol. The fourth-order valence-corrected chi connectivity index (χ4v) is 5.34. The Morgan fingerprint density at radius 2 is 1.52 bits per heavy atom. The van der Waals surface area contributed by atoms with Crippen molar-refractivity contribution in [1.82, 2.24) is 10.0 Å². The highest BCUT2D eigenvalue weighted by Crippen LogP contribution is 2.44. The summed E-state index contributed by atoms with van der Waals surface area (Å²) >= 11 is 0. The standard InChI is InChI=1S/C23H20N2O3S/c26-29(27,18-10-2-1-3-11-18)25-23-20-13-5-8-16-7-4-12-19(21(16)20)22(23)24-15-17-9-6-14-28-17/h1-14,22-25H,15H2/t22-,23-/m1/s1. The van der Waals surface area contributed by atoms with E-state index in [0.29, 0.717) is 6.54 Å². The number of benzene rings is 3. The molecule has 0 radical (unpaired) electrons. The van der Waals surface area contributed by atoms with Gasteiger partial charge in [0.05, 0.1) is 29.8 Å². The lowest BCUT2D eigenvalue weighted by atomic mass is 10.0. The first-order valence-electron chi connectivity index (χ1n) is 9.48. The van der Waals surface area contributed by atoms with Crippen LogP contribution in [0.2, 0.25) is 0 Å². The molecule has 1 aliphatic carbocycles. The highest BCUT2D eigenvalue weighted by atomic mass is 32.2. The van der Waals surface area contributed by atoms with E-state index in [1.165, 1.54) is 0 Å². The molecule has 29 heavy (non-hydrogen) atoms. The SMILES string of the molecule is O=S(=O)(N[C@@H]1c2cccc3cccc(c23)[C@H]1NCc1ccco1)c1ccccc1. The van der Waals surface area contributed by atoms with Gasteiger partial charge in [-0.3, -0.25) is 0 Å². The molecule has 0 spiro atoms. The Labute approximate surface area is 169 Å². The van der Waals surface area contributed by atoms with Crippen molar-refractivity contribution >= 4 is 20.8 Å². The van der Waals surface area contributed by atoms with Crippen LogP contribution in [0.3, 0.4) is 0 Å². The minimum absolute atomic E-state index is 0.209. The van der Waals surface area contributed by atoms with Crippen molar-refractivity contribution in [2.45, 2.75) is 23.5 Å². The van der Waals surface area contributed by atoms with Crippen LogP contribution in [0.25, 0.3) is 10.8 Å². The molecule has 0 amide bonds. The zero-order valence-electron chi connectivity index (χ0n) is 15.6. The van der Waals surface area contributed by atoms with Gasteiger partial charge in [0.2, 0.25) is 10.0 Å². The van der Waals surface area contributed by atoms with Gasteiger partial charge >= 0.3 is 0 Å². The van der Waals surface area contributed by atoms with Crippen LogP contribution in [0, 0.1) is 0 Å². The summed E-state index contributed by atoms with van der Waals surface area (Å²) in [7, 11) is -3.68. The first-order chi connectivity index (χ1) is 14.1. The maximum Gasteiger partial charge on any atom is 0.241 e. The van der Waals surface area contributed by atoms with E-state index in [1.807, 2.05) is 30.3 Å². The zero-order chi connectivity index (χ0) is 19.8. The number of furan rings is 1. The second-order valence-corrected chi connectivity index (χ2v) is 8.86. The Hall–Kier alpha value is -2.93. The average molecular weight is 404 g/mol. The van der Waals surface area contributed by atoms with Crippen molar-refractivity contribution < 1.29 is 12.8 Å². The van der Waals surface area contributed by atoms with Crippen LogP contribution >= 0.6 is 0 Å². The molecule has 5 nitrogen and oxygen atoms in total. The highest BCUT2D eigenvalue weighted by molar-refractivity contribution is 7.89. The average Bonchev–Trinajstić information content (AvgIpc) is 3.36. The monoisotopic (exact) mass is 404 g/mol. The lowest BCUT2D eigenvalue weighted by Gasteiger charge is -2.24. The van der Waals surface area contributed by atoms with E-state index in [9.17, 15) is 8.42 Å². The van der Waals surface area contributed by atoms with Crippen LogP contribution in [-0.4, -0.2) is 8.42 Å². The third kappa shape index (κ3) is 3.25. The minimum atomic E-state index is -3.68. The molecular formula is C23H20N2O3S. The van der Waals surface area contributed by atoms with Crippen molar-refractivity contribution in [2.24, 2.45) is 0 Å². The largest absolute Gasteiger partial charge is 0.468 e. The number of hydrogen-bond acceptors (Lipinski definition) is 4. The smallest absolute Gasteiger partial charge is 0.241 e. The van der Waals surface area contributed by atoms with E-state index in [2.05, 4.69) is 28.2 Å². The molecule has 5 rings (SSSR count). The van der Waals surface area contributed by atoms with E-state index < -0.39 is 16.1 Å². The summed E-state index contributed by atoms with van der Waals surface area (Å²) in [6.45, 7) is 0.506. The van der Waals surface area contributed by atoms with Crippen molar-refractivity contribution in [3.63, 3.8) is 0 Å². The Bertz CT molecular complexity index is 1250. The Kier molecular flexibility index (Phi) is 4.47. The molecule has 0 aliphatic heterocycles. The van der Waals surface area contributed by atoms with Gasteiger partial charge in [0.1, 0.15) is 5.76 Å². The summed E-state index contributed by atoms with van der Waals surface area (Å²) in [5.41, 5.74) is 2.07. The molecule has 6 heteroatoms. The van der Waals surface area contributed by atoms with Crippen molar-refractivity contribution in [3.05, 3.63) is 102 Å². The van der Waals surface area contributed by atoms with Crippen LogP contribution in [0.4, 0.5) is 0 Å². The number of sulfonamides is 1. The molecule has 0 unspecified atom stereocenters. The highest BCUT2D eigenvalue weighted by Gasteiger charge is 2.37. The maximum absolute atomic E-state index is 13.1. The molecule has 2 N–H and O–H groups in total. The number of hydrogen-bond donors (Lipinski definition) is 2. The van der Waals surface area contributed by atoms with Gasteiger partial charge in [0.25, 0.3) is 0 Å². The van der Waals surface area contributed by atoms with Crippen LogP contribution < -0.4 is 10.0 Å². The molecule has 0 saturated heterocycles. The van der Waals surface area contributed by atoms with Crippen LogP contribution in [0.1, 0.15) is 29.0 Å². The lowest BCUT2D eigenvalue weighted by molar-refractivity contribution is 0.405.